The van der Waals surface area contributed by atoms with Crippen LogP contribution in [0.25, 0.3) is 0 Å². The summed E-state index contributed by atoms with van der Waals surface area (Å²) in [6.07, 6.45) is 1.35. The molecule has 2 nitrogen and oxygen atoms in total. The maximum absolute atomic E-state index is 5.83. The standard InChI is InChI=1S/C17H27NO/c1-12-8-14(17(3,4)5)9-13(2)16(12)10-15-11-18-6-7-19-15/h8-9,15,18H,6-7,10-11H2,1-5H3. The van der Waals surface area contributed by atoms with Crippen LogP contribution in [0.1, 0.15) is 43.0 Å². The lowest BCUT2D eigenvalue weighted by Crippen LogP contribution is -2.39. The van der Waals surface area contributed by atoms with Gasteiger partial charge < -0.3 is 10.1 Å². The number of hydrogen-bond acceptors (Lipinski definition) is 2. The van der Waals surface area contributed by atoms with E-state index in [1.807, 2.05) is 0 Å². The largest absolute Gasteiger partial charge is 0.375 e. The highest BCUT2D eigenvalue weighted by Gasteiger charge is 2.19. The minimum atomic E-state index is 0.219. The zero-order valence-electron chi connectivity index (χ0n) is 13.0. The number of aryl methyl sites for hydroxylation is 2. The molecular weight excluding hydrogens is 234 g/mol. The van der Waals surface area contributed by atoms with Crippen molar-refractivity contribution in [3.63, 3.8) is 0 Å². The minimum absolute atomic E-state index is 0.219. The van der Waals surface area contributed by atoms with Crippen LogP contribution in [0, 0.1) is 13.8 Å². The maximum Gasteiger partial charge on any atom is 0.0740 e. The summed E-state index contributed by atoms with van der Waals surface area (Å²) >= 11 is 0. The highest BCUT2D eigenvalue weighted by molar-refractivity contribution is 5.40. The highest BCUT2D eigenvalue weighted by atomic mass is 16.5. The third-order valence-corrected chi connectivity index (χ3v) is 4.00. The van der Waals surface area contributed by atoms with Crippen molar-refractivity contribution in [1.29, 1.82) is 0 Å². The van der Waals surface area contributed by atoms with Crippen molar-refractivity contribution in [3.05, 3.63) is 34.4 Å². The Hall–Kier alpha value is -0.860. The smallest absolute Gasteiger partial charge is 0.0740 e. The van der Waals surface area contributed by atoms with E-state index < -0.39 is 0 Å². The Morgan fingerprint density at radius 2 is 1.84 bits per heavy atom. The summed E-state index contributed by atoms with van der Waals surface area (Å²) in [5.41, 5.74) is 5.91. The summed E-state index contributed by atoms with van der Waals surface area (Å²) in [5, 5.41) is 3.40. The maximum atomic E-state index is 5.83. The Labute approximate surface area is 117 Å². The fraction of sp³-hybridized carbons (Fsp3) is 0.647. The second-order valence-electron chi connectivity index (χ2n) is 6.74. The van der Waals surface area contributed by atoms with Crippen LogP contribution in [0.5, 0.6) is 0 Å². The van der Waals surface area contributed by atoms with E-state index in [-0.39, 0.29) is 5.41 Å². The Kier molecular flexibility index (Phi) is 4.32. The average Bonchev–Trinajstić information content (AvgIpc) is 2.33. The van der Waals surface area contributed by atoms with E-state index in [1.165, 1.54) is 22.3 Å². The van der Waals surface area contributed by atoms with Crippen molar-refractivity contribution in [2.45, 2.75) is 52.6 Å². The molecule has 106 valence electrons. The van der Waals surface area contributed by atoms with Crippen molar-refractivity contribution in [2.24, 2.45) is 0 Å². The van der Waals surface area contributed by atoms with Crippen LogP contribution in [0.3, 0.4) is 0 Å². The molecule has 0 spiro atoms. The van der Waals surface area contributed by atoms with Gasteiger partial charge in [-0.2, -0.15) is 0 Å². The molecule has 0 aromatic heterocycles. The van der Waals surface area contributed by atoms with Gasteiger partial charge in [0, 0.05) is 19.5 Å². The molecule has 2 heteroatoms. The summed E-state index contributed by atoms with van der Waals surface area (Å²) < 4.78 is 5.83. The molecule has 1 aromatic rings. The zero-order valence-corrected chi connectivity index (χ0v) is 13.0. The predicted octanol–water partition coefficient (Wildman–Crippen LogP) is 3.13. The number of nitrogens with one attached hydrogen (secondary N) is 1. The molecule has 0 bridgehead atoms. The van der Waals surface area contributed by atoms with Gasteiger partial charge in [-0.25, -0.2) is 0 Å². The van der Waals surface area contributed by atoms with E-state index in [0.717, 1.165) is 26.1 Å². The van der Waals surface area contributed by atoms with Crippen LogP contribution in [-0.2, 0) is 16.6 Å². The highest BCUT2D eigenvalue weighted by Crippen LogP contribution is 2.27. The molecule has 2 rings (SSSR count). The molecular formula is C17H27NO. The number of ether oxygens (including phenoxy) is 1. The molecule has 1 aliphatic heterocycles. The van der Waals surface area contributed by atoms with Gasteiger partial charge in [0.2, 0.25) is 0 Å². The Morgan fingerprint density at radius 1 is 1.21 bits per heavy atom. The lowest BCUT2D eigenvalue weighted by Gasteiger charge is -2.26. The summed E-state index contributed by atoms with van der Waals surface area (Å²) in [4.78, 5) is 0. The number of benzene rings is 1. The van der Waals surface area contributed by atoms with Gasteiger partial charge in [-0.05, 0) is 41.5 Å². The van der Waals surface area contributed by atoms with E-state index in [0.29, 0.717) is 6.10 Å². The Morgan fingerprint density at radius 3 is 2.32 bits per heavy atom. The van der Waals surface area contributed by atoms with Crippen LogP contribution in [0.2, 0.25) is 0 Å². The first-order chi connectivity index (χ1) is 8.88. The summed E-state index contributed by atoms with van der Waals surface area (Å²) in [6, 6.07) is 4.69. The van der Waals surface area contributed by atoms with Gasteiger partial charge in [0.25, 0.3) is 0 Å². The quantitative estimate of drug-likeness (QED) is 0.883. The molecule has 1 aromatic carbocycles. The molecule has 0 saturated carbocycles. The van der Waals surface area contributed by atoms with E-state index in [1.54, 1.807) is 0 Å². The molecule has 0 amide bonds. The third kappa shape index (κ3) is 3.58. The predicted molar refractivity (Wildman–Crippen MR) is 80.9 cm³/mol. The summed E-state index contributed by atoms with van der Waals surface area (Å²) in [6.45, 7) is 14.1. The van der Waals surface area contributed by atoms with Gasteiger partial charge in [0.15, 0.2) is 0 Å². The van der Waals surface area contributed by atoms with E-state index in [4.69, 9.17) is 4.74 Å². The molecule has 1 N–H and O–H groups in total. The first kappa shape index (κ1) is 14.5. The first-order valence-corrected chi connectivity index (χ1v) is 7.31. The molecule has 1 unspecified atom stereocenters. The van der Waals surface area contributed by atoms with Gasteiger partial charge in [-0.3, -0.25) is 0 Å². The molecule has 0 radical (unpaired) electrons. The fourth-order valence-corrected chi connectivity index (χ4v) is 2.73. The number of hydrogen-bond donors (Lipinski definition) is 1. The number of morpholine rings is 1. The number of rotatable bonds is 2. The third-order valence-electron chi connectivity index (χ3n) is 4.00. The van der Waals surface area contributed by atoms with Crippen molar-refractivity contribution in [2.75, 3.05) is 19.7 Å². The average molecular weight is 261 g/mol. The molecule has 1 heterocycles. The van der Waals surface area contributed by atoms with Crippen molar-refractivity contribution < 1.29 is 4.74 Å². The van der Waals surface area contributed by atoms with Crippen LogP contribution in [0.15, 0.2) is 12.1 Å². The van der Waals surface area contributed by atoms with Crippen LogP contribution in [0.4, 0.5) is 0 Å². The van der Waals surface area contributed by atoms with E-state index in [2.05, 4.69) is 52.1 Å². The lowest BCUT2D eigenvalue weighted by atomic mass is 9.83. The topological polar surface area (TPSA) is 21.3 Å². The Bertz CT molecular complexity index is 416. The second-order valence-corrected chi connectivity index (χ2v) is 6.74. The first-order valence-electron chi connectivity index (χ1n) is 7.31. The van der Waals surface area contributed by atoms with Crippen LogP contribution >= 0.6 is 0 Å². The van der Waals surface area contributed by atoms with Gasteiger partial charge in [0.05, 0.1) is 12.7 Å². The summed E-state index contributed by atoms with van der Waals surface area (Å²) in [7, 11) is 0. The molecule has 1 atom stereocenters. The molecule has 1 saturated heterocycles. The molecule has 1 fully saturated rings. The van der Waals surface area contributed by atoms with Gasteiger partial charge in [0.1, 0.15) is 0 Å². The normalized spacial score (nSPS) is 20.6. The van der Waals surface area contributed by atoms with E-state index >= 15 is 0 Å². The monoisotopic (exact) mass is 261 g/mol. The minimum Gasteiger partial charge on any atom is -0.375 e. The SMILES string of the molecule is Cc1cc(C(C)(C)C)cc(C)c1CC1CNCCO1. The second kappa shape index (κ2) is 5.64. The van der Waals surface area contributed by atoms with Gasteiger partial charge in [-0.1, -0.05) is 32.9 Å². The van der Waals surface area contributed by atoms with Crippen LogP contribution in [-0.4, -0.2) is 25.8 Å². The van der Waals surface area contributed by atoms with Crippen molar-refractivity contribution >= 4 is 0 Å². The Balaban J connectivity index is 2.21. The van der Waals surface area contributed by atoms with E-state index in [9.17, 15) is 0 Å². The zero-order chi connectivity index (χ0) is 14.0. The molecule has 19 heavy (non-hydrogen) atoms. The fourth-order valence-electron chi connectivity index (χ4n) is 2.73. The van der Waals surface area contributed by atoms with Crippen LogP contribution < -0.4 is 5.32 Å². The molecule has 0 aliphatic carbocycles. The van der Waals surface area contributed by atoms with Crippen molar-refractivity contribution in [1.82, 2.24) is 5.32 Å². The van der Waals surface area contributed by atoms with Gasteiger partial charge >= 0.3 is 0 Å². The summed E-state index contributed by atoms with van der Waals surface area (Å²) in [5.74, 6) is 0. The van der Waals surface area contributed by atoms with Crippen molar-refractivity contribution in [3.8, 4) is 0 Å². The van der Waals surface area contributed by atoms with Gasteiger partial charge in [-0.15, -0.1) is 0 Å². The lowest BCUT2D eigenvalue weighted by molar-refractivity contribution is 0.0290. The molecule has 1 aliphatic rings.